The SMILES string of the molecule is Cc1csc(C(C)(C)NC(=O)c2cn(C)nn2)n1. The number of carbonyl (C=O) groups excluding carboxylic acids is 1. The summed E-state index contributed by atoms with van der Waals surface area (Å²) < 4.78 is 1.50. The van der Waals surface area contributed by atoms with Crippen LogP contribution in [0.1, 0.15) is 35.0 Å². The van der Waals surface area contributed by atoms with Crippen LogP contribution in [0.5, 0.6) is 0 Å². The lowest BCUT2D eigenvalue weighted by Crippen LogP contribution is -2.41. The zero-order valence-electron chi connectivity index (χ0n) is 10.8. The maximum absolute atomic E-state index is 12.0. The van der Waals surface area contributed by atoms with Crippen molar-refractivity contribution in [2.45, 2.75) is 26.3 Å². The van der Waals surface area contributed by atoms with Crippen molar-refractivity contribution in [3.8, 4) is 0 Å². The molecule has 0 aromatic carbocycles. The van der Waals surface area contributed by atoms with Crippen LogP contribution in [0.2, 0.25) is 0 Å². The van der Waals surface area contributed by atoms with Crippen LogP contribution in [-0.4, -0.2) is 25.9 Å². The summed E-state index contributed by atoms with van der Waals surface area (Å²) >= 11 is 1.53. The molecular weight excluding hydrogens is 250 g/mol. The van der Waals surface area contributed by atoms with Gasteiger partial charge in [0.05, 0.1) is 11.7 Å². The highest BCUT2D eigenvalue weighted by Crippen LogP contribution is 2.23. The van der Waals surface area contributed by atoms with E-state index in [0.29, 0.717) is 5.69 Å². The molecule has 0 fully saturated rings. The van der Waals surface area contributed by atoms with Gasteiger partial charge < -0.3 is 5.32 Å². The van der Waals surface area contributed by atoms with Crippen molar-refractivity contribution in [2.75, 3.05) is 0 Å². The van der Waals surface area contributed by atoms with Gasteiger partial charge in [0.1, 0.15) is 5.01 Å². The van der Waals surface area contributed by atoms with Gasteiger partial charge in [-0.25, -0.2) is 4.98 Å². The molecule has 0 bridgehead atoms. The van der Waals surface area contributed by atoms with E-state index in [1.165, 1.54) is 16.0 Å². The summed E-state index contributed by atoms with van der Waals surface area (Å²) in [4.78, 5) is 16.4. The zero-order chi connectivity index (χ0) is 13.3. The van der Waals surface area contributed by atoms with Crippen molar-refractivity contribution in [1.82, 2.24) is 25.3 Å². The minimum Gasteiger partial charge on any atom is -0.339 e. The number of rotatable bonds is 3. The van der Waals surface area contributed by atoms with E-state index in [9.17, 15) is 4.79 Å². The molecule has 2 aromatic rings. The first-order chi connectivity index (χ1) is 8.38. The van der Waals surface area contributed by atoms with Crippen LogP contribution >= 0.6 is 11.3 Å². The summed E-state index contributed by atoms with van der Waals surface area (Å²) in [7, 11) is 1.72. The Kier molecular flexibility index (Phi) is 3.16. The number of nitrogens with zero attached hydrogens (tertiary/aromatic N) is 4. The van der Waals surface area contributed by atoms with E-state index < -0.39 is 5.54 Å². The van der Waals surface area contributed by atoms with Gasteiger partial charge in [0.25, 0.3) is 5.91 Å². The van der Waals surface area contributed by atoms with Crippen molar-refractivity contribution >= 4 is 17.2 Å². The van der Waals surface area contributed by atoms with Crippen molar-refractivity contribution < 1.29 is 4.79 Å². The molecule has 18 heavy (non-hydrogen) atoms. The Morgan fingerprint density at radius 3 is 2.72 bits per heavy atom. The molecular formula is C11H15N5OS. The third-order valence-corrected chi connectivity index (χ3v) is 3.70. The van der Waals surface area contributed by atoms with E-state index >= 15 is 0 Å². The highest BCUT2D eigenvalue weighted by atomic mass is 32.1. The third-order valence-electron chi connectivity index (χ3n) is 2.42. The summed E-state index contributed by atoms with van der Waals surface area (Å²) in [5, 5.41) is 13.3. The highest BCUT2D eigenvalue weighted by Gasteiger charge is 2.27. The zero-order valence-corrected chi connectivity index (χ0v) is 11.6. The average molecular weight is 265 g/mol. The number of hydrogen-bond acceptors (Lipinski definition) is 5. The molecule has 1 N–H and O–H groups in total. The number of aryl methyl sites for hydroxylation is 2. The lowest BCUT2D eigenvalue weighted by molar-refractivity contribution is 0.0906. The van der Waals surface area contributed by atoms with Gasteiger partial charge in [-0.15, -0.1) is 16.4 Å². The van der Waals surface area contributed by atoms with Crippen molar-refractivity contribution in [3.63, 3.8) is 0 Å². The van der Waals surface area contributed by atoms with Crippen LogP contribution < -0.4 is 5.32 Å². The Bertz CT molecular complexity index is 572. The van der Waals surface area contributed by atoms with Gasteiger partial charge in [-0.3, -0.25) is 9.48 Å². The largest absolute Gasteiger partial charge is 0.339 e. The second-order valence-electron chi connectivity index (χ2n) is 4.65. The van der Waals surface area contributed by atoms with E-state index in [4.69, 9.17) is 0 Å². The number of carbonyl (C=O) groups is 1. The van der Waals surface area contributed by atoms with Crippen LogP contribution in [0.15, 0.2) is 11.6 Å². The fourth-order valence-corrected chi connectivity index (χ4v) is 2.37. The van der Waals surface area contributed by atoms with Gasteiger partial charge in [-0.1, -0.05) is 5.21 Å². The predicted octanol–water partition coefficient (Wildman–Crippen LogP) is 1.25. The van der Waals surface area contributed by atoms with Gasteiger partial charge in [0.2, 0.25) is 0 Å². The van der Waals surface area contributed by atoms with Crippen molar-refractivity contribution in [2.24, 2.45) is 7.05 Å². The predicted molar refractivity (Wildman–Crippen MR) is 68.3 cm³/mol. The van der Waals surface area contributed by atoms with E-state index in [0.717, 1.165) is 10.7 Å². The summed E-state index contributed by atoms with van der Waals surface area (Å²) in [6.07, 6.45) is 1.58. The van der Waals surface area contributed by atoms with E-state index in [-0.39, 0.29) is 5.91 Å². The van der Waals surface area contributed by atoms with Crippen LogP contribution in [0.4, 0.5) is 0 Å². The number of nitrogens with one attached hydrogen (secondary N) is 1. The minimum absolute atomic E-state index is 0.249. The lowest BCUT2D eigenvalue weighted by atomic mass is 10.1. The second kappa shape index (κ2) is 4.49. The molecule has 0 unspecified atom stereocenters. The quantitative estimate of drug-likeness (QED) is 0.906. The fraction of sp³-hybridized carbons (Fsp3) is 0.455. The number of aromatic nitrogens is 4. The first-order valence-electron chi connectivity index (χ1n) is 5.50. The molecule has 0 aliphatic rings. The van der Waals surface area contributed by atoms with Crippen LogP contribution in [0, 0.1) is 6.92 Å². The summed E-state index contributed by atoms with van der Waals surface area (Å²) in [5.41, 5.74) is 0.740. The molecule has 0 saturated heterocycles. The average Bonchev–Trinajstić information content (AvgIpc) is 2.86. The van der Waals surface area contributed by atoms with Crippen LogP contribution in [0.3, 0.4) is 0 Å². The first kappa shape index (κ1) is 12.7. The molecule has 7 heteroatoms. The molecule has 1 amide bonds. The van der Waals surface area contributed by atoms with Gasteiger partial charge in [-0.05, 0) is 20.8 Å². The topological polar surface area (TPSA) is 72.7 Å². The smallest absolute Gasteiger partial charge is 0.274 e. The summed E-state index contributed by atoms with van der Waals surface area (Å²) in [6.45, 7) is 5.76. The highest BCUT2D eigenvalue weighted by molar-refractivity contribution is 7.09. The maximum Gasteiger partial charge on any atom is 0.274 e. The molecule has 2 heterocycles. The van der Waals surface area contributed by atoms with Gasteiger partial charge >= 0.3 is 0 Å². The molecule has 0 radical (unpaired) electrons. The molecule has 0 saturated carbocycles. The van der Waals surface area contributed by atoms with E-state index in [1.807, 2.05) is 26.2 Å². The van der Waals surface area contributed by atoms with Crippen molar-refractivity contribution in [1.29, 1.82) is 0 Å². The van der Waals surface area contributed by atoms with E-state index in [1.54, 1.807) is 13.2 Å². The Morgan fingerprint density at radius 1 is 1.50 bits per heavy atom. The molecule has 0 spiro atoms. The Balaban J connectivity index is 2.15. The van der Waals surface area contributed by atoms with Crippen molar-refractivity contribution in [3.05, 3.63) is 28.0 Å². The molecule has 2 rings (SSSR count). The maximum atomic E-state index is 12.0. The number of hydrogen-bond donors (Lipinski definition) is 1. The fourth-order valence-electron chi connectivity index (χ4n) is 1.49. The molecule has 0 atom stereocenters. The summed E-state index contributed by atoms with van der Waals surface area (Å²) in [6, 6.07) is 0. The number of amides is 1. The van der Waals surface area contributed by atoms with Gasteiger partial charge in [0.15, 0.2) is 5.69 Å². The Morgan fingerprint density at radius 2 is 2.22 bits per heavy atom. The van der Waals surface area contributed by atoms with Gasteiger partial charge in [-0.2, -0.15) is 0 Å². The van der Waals surface area contributed by atoms with Crippen LogP contribution in [0.25, 0.3) is 0 Å². The second-order valence-corrected chi connectivity index (χ2v) is 5.51. The normalized spacial score (nSPS) is 11.6. The molecule has 2 aromatic heterocycles. The van der Waals surface area contributed by atoms with Crippen LogP contribution in [-0.2, 0) is 12.6 Å². The molecule has 0 aliphatic heterocycles. The van der Waals surface area contributed by atoms with E-state index in [2.05, 4.69) is 20.6 Å². The summed E-state index contributed by atoms with van der Waals surface area (Å²) in [5.74, 6) is -0.249. The number of thiazole rings is 1. The monoisotopic (exact) mass is 265 g/mol. The third kappa shape index (κ3) is 2.56. The standard InChI is InChI=1S/C11H15N5OS/c1-7-6-18-10(12-7)11(2,3)13-9(17)8-5-16(4)15-14-8/h5-6H,1-4H3,(H,13,17). The minimum atomic E-state index is -0.520. The molecule has 6 nitrogen and oxygen atoms in total. The lowest BCUT2D eigenvalue weighted by Gasteiger charge is -2.23. The Hall–Kier alpha value is -1.76. The Labute approximate surface area is 109 Å². The molecule has 0 aliphatic carbocycles. The van der Waals surface area contributed by atoms with Gasteiger partial charge in [0, 0.05) is 18.1 Å². The first-order valence-corrected chi connectivity index (χ1v) is 6.38. The molecule has 96 valence electrons.